The van der Waals surface area contributed by atoms with Gasteiger partial charge in [-0.05, 0) is 56.5 Å². The van der Waals surface area contributed by atoms with Gasteiger partial charge in [0.2, 0.25) is 5.91 Å². The first-order chi connectivity index (χ1) is 18.2. The molecule has 2 aromatic carbocycles. The molecule has 0 spiro atoms. The monoisotopic (exact) mass is 543 g/mol. The second-order valence-electron chi connectivity index (χ2n) is 8.86. The Morgan fingerprint density at radius 3 is 2.66 bits per heavy atom. The lowest BCUT2D eigenvalue weighted by Crippen LogP contribution is -2.32. The average molecular weight is 544 g/mol. The number of fused-ring (bicyclic) bond motifs is 1. The van der Waals surface area contributed by atoms with Crippen molar-refractivity contribution < 1.29 is 23.0 Å². The van der Waals surface area contributed by atoms with E-state index in [0.29, 0.717) is 28.3 Å². The Balaban J connectivity index is 1.67. The Labute approximate surface area is 223 Å². The van der Waals surface area contributed by atoms with E-state index in [0.717, 1.165) is 33.7 Å². The highest BCUT2D eigenvalue weighted by Crippen LogP contribution is 2.33. The first-order valence-corrected chi connectivity index (χ1v) is 12.4. The van der Waals surface area contributed by atoms with Gasteiger partial charge in [0.25, 0.3) is 0 Å². The second-order valence-corrected chi connectivity index (χ2v) is 9.26. The Kier molecular flexibility index (Phi) is 8.53. The molecule has 0 radical (unpaired) electrons. The van der Waals surface area contributed by atoms with E-state index in [1.165, 1.54) is 6.33 Å². The third-order valence-electron chi connectivity index (χ3n) is 6.06. The Bertz CT molecular complexity index is 1460. The van der Waals surface area contributed by atoms with Crippen LogP contribution in [0.3, 0.4) is 0 Å². The van der Waals surface area contributed by atoms with Crippen LogP contribution in [0.2, 0.25) is 5.02 Å². The van der Waals surface area contributed by atoms with Gasteiger partial charge in [-0.1, -0.05) is 36.7 Å². The summed E-state index contributed by atoms with van der Waals surface area (Å²) in [5.41, 5.74) is 4.59. The van der Waals surface area contributed by atoms with E-state index < -0.39 is 25.2 Å². The van der Waals surface area contributed by atoms with Gasteiger partial charge in [0.1, 0.15) is 36.6 Å². The minimum Gasteiger partial charge on any atom is -0.487 e. The number of para-hydroxylation sites is 1. The van der Waals surface area contributed by atoms with Crippen molar-refractivity contribution in [3.8, 4) is 11.4 Å². The Morgan fingerprint density at radius 1 is 1.18 bits per heavy atom. The molecule has 0 aliphatic heterocycles. The van der Waals surface area contributed by atoms with Crippen molar-refractivity contribution in [2.24, 2.45) is 0 Å². The summed E-state index contributed by atoms with van der Waals surface area (Å²) in [4.78, 5) is 21.2. The van der Waals surface area contributed by atoms with Gasteiger partial charge < -0.3 is 14.8 Å². The minimum absolute atomic E-state index is 0.0980. The second kappa shape index (κ2) is 11.8. The molecular weight excluding hydrogens is 516 g/mol. The maximum atomic E-state index is 12.4. The molecule has 0 aliphatic rings. The van der Waals surface area contributed by atoms with Gasteiger partial charge in [0.05, 0.1) is 11.7 Å². The summed E-state index contributed by atoms with van der Waals surface area (Å²) in [5, 5.41) is 8.41. The standard InChI is InChI=1S/C27H28ClF2N5O3/c1-5-22(34-25(36)13-38-27(29)30)19-9-15(2)10-21(28)20(19)12-37-24-8-6-7-18-23(11-16(3)33-26(18)24)35-17(4)31-14-32-35/h6-11,14,22,27H,5,12-13H2,1-4H3,(H,34,36)/t22-/m0/s1. The molecule has 4 rings (SSSR count). The summed E-state index contributed by atoms with van der Waals surface area (Å²) < 4.78 is 36.9. The third-order valence-corrected chi connectivity index (χ3v) is 6.40. The molecule has 1 amide bonds. The van der Waals surface area contributed by atoms with Crippen molar-refractivity contribution in [3.63, 3.8) is 0 Å². The molecule has 1 N–H and O–H groups in total. The lowest BCUT2D eigenvalue weighted by atomic mass is 9.96. The Morgan fingerprint density at radius 2 is 1.97 bits per heavy atom. The first kappa shape index (κ1) is 27.4. The third kappa shape index (κ3) is 6.08. The van der Waals surface area contributed by atoms with E-state index in [1.807, 2.05) is 64.1 Å². The molecular formula is C27H28ClF2N5O3. The number of pyridine rings is 1. The lowest BCUT2D eigenvalue weighted by molar-refractivity contribution is -0.152. The highest BCUT2D eigenvalue weighted by atomic mass is 35.5. The lowest BCUT2D eigenvalue weighted by Gasteiger charge is -2.23. The largest absolute Gasteiger partial charge is 0.487 e. The molecule has 38 heavy (non-hydrogen) atoms. The van der Waals surface area contributed by atoms with Crippen LogP contribution in [-0.4, -0.2) is 38.9 Å². The van der Waals surface area contributed by atoms with Crippen molar-refractivity contribution in [1.29, 1.82) is 0 Å². The van der Waals surface area contributed by atoms with Gasteiger partial charge in [-0.2, -0.15) is 13.9 Å². The van der Waals surface area contributed by atoms with E-state index >= 15 is 0 Å². The van der Waals surface area contributed by atoms with Gasteiger partial charge >= 0.3 is 6.61 Å². The van der Waals surface area contributed by atoms with Crippen LogP contribution in [0, 0.1) is 20.8 Å². The predicted molar refractivity (Wildman–Crippen MR) is 140 cm³/mol. The van der Waals surface area contributed by atoms with Crippen LogP contribution >= 0.6 is 11.6 Å². The quantitative estimate of drug-likeness (QED) is 0.273. The molecule has 0 saturated carbocycles. The molecule has 200 valence electrons. The Hall–Kier alpha value is -3.63. The van der Waals surface area contributed by atoms with E-state index in [1.54, 1.807) is 4.68 Å². The number of rotatable bonds is 10. The van der Waals surface area contributed by atoms with Gasteiger partial charge in [-0.3, -0.25) is 4.79 Å². The molecule has 11 heteroatoms. The van der Waals surface area contributed by atoms with Gasteiger partial charge in [0, 0.05) is 21.7 Å². The fraction of sp³-hybridized carbons (Fsp3) is 0.333. The van der Waals surface area contributed by atoms with Gasteiger partial charge in [0.15, 0.2) is 0 Å². The normalized spacial score (nSPS) is 12.2. The number of nitrogens with one attached hydrogen (secondary N) is 1. The zero-order valence-corrected chi connectivity index (χ0v) is 22.2. The van der Waals surface area contributed by atoms with Crippen LogP contribution in [0.5, 0.6) is 5.75 Å². The number of alkyl halides is 2. The zero-order chi connectivity index (χ0) is 27.4. The summed E-state index contributed by atoms with van der Waals surface area (Å²) >= 11 is 6.64. The maximum Gasteiger partial charge on any atom is 0.345 e. The number of aromatic nitrogens is 4. The average Bonchev–Trinajstić information content (AvgIpc) is 3.30. The van der Waals surface area contributed by atoms with Crippen LogP contribution in [0.4, 0.5) is 8.78 Å². The summed E-state index contributed by atoms with van der Waals surface area (Å²) in [7, 11) is 0. The van der Waals surface area contributed by atoms with E-state index in [2.05, 4.69) is 20.1 Å². The molecule has 0 fully saturated rings. The number of aryl methyl sites for hydroxylation is 3. The highest BCUT2D eigenvalue weighted by Gasteiger charge is 2.21. The van der Waals surface area contributed by atoms with Gasteiger partial charge in [-0.25, -0.2) is 14.6 Å². The van der Waals surface area contributed by atoms with Crippen molar-refractivity contribution >= 4 is 28.4 Å². The SMILES string of the molecule is CC[C@H](NC(=O)COC(F)F)c1cc(C)cc(Cl)c1COc1cccc2c(-n3ncnc3C)cc(C)nc12. The minimum atomic E-state index is -3.02. The molecule has 8 nitrogen and oxygen atoms in total. The summed E-state index contributed by atoms with van der Waals surface area (Å²) in [6, 6.07) is 10.8. The van der Waals surface area contributed by atoms with Crippen molar-refractivity contribution in [3.05, 3.63) is 76.0 Å². The number of nitrogens with zero attached hydrogens (tertiary/aromatic N) is 4. The van der Waals surface area contributed by atoms with Crippen LogP contribution in [-0.2, 0) is 16.1 Å². The number of amides is 1. The van der Waals surface area contributed by atoms with Crippen molar-refractivity contribution in [2.75, 3.05) is 6.61 Å². The highest BCUT2D eigenvalue weighted by molar-refractivity contribution is 6.31. The number of hydrogen-bond acceptors (Lipinski definition) is 6. The number of ether oxygens (including phenoxy) is 2. The fourth-order valence-corrected chi connectivity index (χ4v) is 4.68. The van der Waals surface area contributed by atoms with Crippen LogP contribution in [0.15, 0.2) is 42.7 Å². The summed E-state index contributed by atoms with van der Waals surface area (Å²) in [6.45, 7) is 3.87. The molecule has 0 aliphatic carbocycles. The first-order valence-electron chi connectivity index (χ1n) is 12.1. The topological polar surface area (TPSA) is 91.2 Å². The molecule has 2 aromatic heterocycles. The van der Waals surface area contributed by atoms with Crippen molar-refractivity contribution in [2.45, 2.75) is 53.4 Å². The number of benzene rings is 2. The molecule has 1 atom stereocenters. The van der Waals surface area contributed by atoms with E-state index in [9.17, 15) is 13.6 Å². The zero-order valence-electron chi connectivity index (χ0n) is 21.5. The van der Waals surface area contributed by atoms with E-state index in [-0.39, 0.29) is 6.61 Å². The molecule has 2 heterocycles. The summed E-state index contributed by atoms with van der Waals surface area (Å²) in [5.74, 6) is 0.646. The predicted octanol–water partition coefficient (Wildman–Crippen LogP) is 5.78. The number of carbonyl (C=O) groups excluding carboxylic acids is 1. The number of carbonyl (C=O) groups is 1. The number of halogens is 3. The van der Waals surface area contributed by atoms with Crippen LogP contribution < -0.4 is 10.1 Å². The van der Waals surface area contributed by atoms with Gasteiger partial charge in [-0.15, -0.1) is 0 Å². The molecule has 4 aromatic rings. The van der Waals surface area contributed by atoms with Crippen LogP contribution in [0.1, 0.15) is 47.6 Å². The smallest absolute Gasteiger partial charge is 0.345 e. The van der Waals surface area contributed by atoms with Crippen molar-refractivity contribution in [1.82, 2.24) is 25.1 Å². The number of hydrogen-bond donors (Lipinski definition) is 1. The fourth-order valence-electron chi connectivity index (χ4n) is 4.34. The molecule has 0 saturated heterocycles. The maximum absolute atomic E-state index is 12.4. The molecule has 0 bridgehead atoms. The molecule has 0 unspecified atom stereocenters. The van der Waals surface area contributed by atoms with Crippen LogP contribution in [0.25, 0.3) is 16.6 Å². The van der Waals surface area contributed by atoms with E-state index in [4.69, 9.17) is 21.3 Å². The summed E-state index contributed by atoms with van der Waals surface area (Å²) in [6.07, 6.45) is 2.00.